The molecule has 1 saturated heterocycles. The Hall–Kier alpha value is -3.26. The molecule has 3 heterocycles. The summed E-state index contributed by atoms with van der Waals surface area (Å²) in [5.74, 6) is -0.714. The summed E-state index contributed by atoms with van der Waals surface area (Å²) in [7, 11) is 0. The number of rotatable bonds is 2. The number of carbonyl (C=O) groups excluding carboxylic acids is 3. The Morgan fingerprint density at radius 3 is 2.27 bits per heavy atom. The van der Waals surface area contributed by atoms with Gasteiger partial charge in [-0.2, -0.15) is 0 Å². The van der Waals surface area contributed by atoms with E-state index in [4.69, 9.17) is 0 Å². The summed E-state index contributed by atoms with van der Waals surface area (Å²) in [5, 5.41) is 3.30. The molecular weight excluding hydrogens is 400 g/mol. The van der Waals surface area contributed by atoms with Gasteiger partial charge in [0.2, 0.25) is 5.13 Å². The van der Waals surface area contributed by atoms with Gasteiger partial charge in [0.15, 0.2) is 0 Å². The maximum Gasteiger partial charge on any atom is 0.321 e. The highest BCUT2D eigenvalue weighted by molar-refractivity contribution is 7.22. The molecule has 0 aliphatic carbocycles. The second-order valence-electron chi connectivity index (χ2n) is 7.50. The quantitative estimate of drug-likeness (QED) is 0.619. The van der Waals surface area contributed by atoms with Crippen LogP contribution in [0, 0.1) is 0 Å². The number of fused-ring (bicyclic) bond motifs is 2. The van der Waals surface area contributed by atoms with Crippen molar-refractivity contribution in [2.75, 3.05) is 23.3 Å². The Bertz CT molecular complexity index is 1130. The molecule has 0 atom stereocenters. The minimum atomic E-state index is -0.357. The average molecular weight is 420 g/mol. The van der Waals surface area contributed by atoms with Crippen LogP contribution in [0.3, 0.4) is 0 Å². The molecule has 8 heteroatoms. The Kier molecular flexibility index (Phi) is 4.71. The van der Waals surface area contributed by atoms with E-state index in [1.54, 1.807) is 36.4 Å². The van der Waals surface area contributed by atoms with E-state index in [2.05, 4.69) is 10.3 Å². The van der Waals surface area contributed by atoms with E-state index in [0.717, 1.165) is 48.4 Å². The van der Waals surface area contributed by atoms with Crippen LogP contribution in [0.25, 0.3) is 10.2 Å². The number of nitrogens with one attached hydrogen (secondary N) is 1. The first-order chi connectivity index (χ1) is 14.6. The zero-order valence-corrected chi connectivity index (χ0v) is 17.1. The van der Waals surface area contributed by atoms with Crippen LogP contribution < -0.4 is 10.2 Å². The summed E-state index contributed by atoms with van der Waals surface area (Å²) >= 11 is 1.26. The average Bonchev–Trinajstić information content (AvgIpc) is 3.12. The SMILES string of the molecule is O=C(Nc1ccc2nc(N3C(=O)c4ccccc4C3=O)sc2c1)N1CCCCCC1. The number of urea groups is 1. The van der Waals surface area contributed by atoms with Gasteiger partial charge in [0.25, 0.3) is 11.8 Å². The Labute approximate surface area is 177 Å². The van der Waals surface area contributed by atoms with Gasteiger partial charge in [-0.05, 0) is 43.2 Å². The number of hydrogen-bond donors (Lipinski definition) is 1. The smallest absolute Gasteiger partial charge is 0.321 e. The van der Waals surface area contributed by atoms with Crippen LogP contribution in [0.1, 0.15) is 46.4 Å². The van der Waals surface area contributed by atoms with Gasteiger partial charge in [0.1, 0.15) is 0 Å². The lowest BCUT2D eigenvalue weighted by molar-refractivity contribution is 0.0926. The normalized spacial score (nSPS) is 16.7. The molecule has 0 spiro atoms. The summed E-state index contributed by atoms with van der Waals surface area (Å²) in [5.41, 5.74) is 2.15. The fourth-order valence-electron chi connectivity index (χ4n) is 3.93. The molecule has 3 aromatic rings. The molecule has 2 aliphatic rings. The van der Waals surface area contributed by atoms with Crippen molar-refractivity contribution in [2.45, 2.75) is 25.7 Å². The topological polar surface area (TPSA) is 82.6 Å². The lowest BCUT2D eigenvalue weighted by Crippen LogP contribution is -2.35. The van der Waals surface area contributed by atoms with Crippen LogP contribution >= 0.6 is 11.3 Å². The minimum absolute atomic E-state index is 0.0960. The van der Waals surface area contributed by atoms with Gasteiger partial charge in [-0.1, -0.05) is 36.3 Å². The van der Waals surface area contributed by atoms with Gasteiger partial charge < -0.3 is 10.2 Å². The first kappa shape index (κ1) is 18.7. The van der Waals surface area contributed by atoms with Crippen LogP contribution in [-0.4, -0.2) is 40.8 Å². The molecule has 2 aliphatic heterocycles. The predicted molar refractivity (Wildman–Crippen MR) is 116 cm³/mol. The molecule has 1 aromatic heterocycles. The van der Waals surface area contributed by atoms with Crippen LogP contribution in [-0.2, 0) is 0 Å². The fourth-order valence-corrected chi connectivity index (χ4v) is 4.93. The number of nitrogens with zero attached hydrogens (tertiary/aromatic N) is 3. The molecule has 7 nitrogen and oxygen atoms in total. The summed E-state index contributed by atoms with van der Waals surface area (Å²) in [6.45, 7) is 1.55. The van der Waals surface area contributed by atoms with Gasteiger partial charge in [0.05, 0.1) is 21.3 Å². The zero-order valence-electron chi connectivity index (χ0n) is 16.3. The molecule has 2 aromatic carbocycles. The van der Waals surface area contributed by atoms with E-state index >= 15 is 0 Å². The van der Waals surface area contributed by atoms with Gasteiger partial charge in [-0.15, -0.1) is 0 Å². The van der Waals surface area contributed by atoms with Crippen LogP contribution in [0.4, 0.5) is 15.6 Å². The number of hydrogen-bond acceptors (Lipinski definition) is 5. The van der Waals surface area contributed by atoms with Crippen molar-refractivity contribution in [3.8, 4) is 0 Å². The molecule has 0 bridgehead atoms. The summed E-state index contributed by atoms with van der Waals surface area (Å²) in [4.78, 5) is 45.5. The van der Waals surface area contributed by atoms with Crippen molar-refractivity contribution in [3.63, 3.8) is 0 Å². The molecule has 152 valence electrons. The standard InChI is InChI=1S/C22H20N4O3S/c27-19-15-7-3-4-8-16(15)20(28)26(19)22-24-17-10-9-14(13-18(17)30-22)23-21(29)25-11-5-1-2-6-12-25/h3-4,7-10,13H,1-2,5-6,11-12H2,(H,23,29). The summed E-state index contributed by atoms with van der Waals surface area (Å²) in [6.07, 6.45) is 4.39. The molecule has 4 amide bonds. The monoisotopic (exact) mass is 420 g/mol. The summed E-state index contributed by atoms with van der Waals surface area (Å²) < 4.78 is 0.801. The number of anilines is 2. The molecule has 0 saturated carbocycles. The number of imide groups is 1. The number of thiazole rings is 1. The number of carbonyl (C=O) groups is 3. The Balaban J connectivity index is 1.39. The molecule has 0 unspecified atom stereocenters. The highest BCUT2D eigenvalue weighted by Crippen LogP contribution is 2.35. The van der Waals surface area contributed by atoms with Gasteiger partial charge in [-0.25, -0.2) is 14.7 Å². The third kappa shape index (κ3) is 3.23. The molecular formula is C22H20N4O3S. The number of amides is 4. The maximum absolute atomic E-state index is 12.7. The molecule has 0 radical (unpaired) electrons. The second-order valence-corrected chi connectivity index (χ2v) is 8.51. The lowest BCUT2D eigenvalue weighted by Gasteiger charge is -2.20. The van der Waals surface area contributed by atoms with Crippen molar-refractivity contribution in [1.82, 2.24) is 9.88 Å². The van der Waals surface area contributed by atoms with E-state index in [9.17, 15) is 14.4 Å². The number of aromatic nitrogens is 1. The van der Waals surface area contributed by atoms with Crippen molar-refractivity contribution >= 4 is 50.2 Å². The van der Waals surface area contributed by atoms with E-state index in [1.807, 2.05) is 11.0 Å². The van der Waals surface area contributed by atoms with Crippen LogP contribution in [0.15, 0.2) is 42.5 Å². The first-order valence-electron chi connectivity index (χ1n) is 10.1. The van der Waals surface area contributed by atoms with Crippen molar-refractivity contribution < 1.29 is 14.4 Å². The van der Waals surface area contributed by atoms with E-state index in [-0.39, 0.29) is 17.8 Å². The Morgan fingerprint density at radius 1 is 0.933 bits per heavy atom. The molecule has 1 N–H and O–H groups in total. The fraction of sp³-hybridized carbons (Fsp3) is 0.273. The number of benzene rings is 2. The van der Waals surface area contributed by atoms with E-state index in [0.29, 0.717) is 27.5 Å². The number of likely N-dealkylation sites (tertiary alicyclic amines) is 1. The highest BCUT2D eigenvalue weighted by atomic mass is 32.1. The largest absolute Gasteiger partial charge is 0.325 e. The highest BCUT2D eigenvalue weighted by Gasteiger charge is 2.38. The van der Waals surface area contributed by atoms with Crippen LogP contribution in [0.2, 0.25) is 0 Å². The third-order valence-corrected chi connectivity index (χ3v) is 6.51. The predicted octanol–water partition coefficient (Wildman–Crippen LogP) is 4.50. The van der Waals surface area contributed by atoms with E-state index in [1.165, 1.54) is 11.3 Å². The van der Waals surface area contributed by atoms with E-state index < -0.39 is 0 Å². The Morgan fingerprint density at radius 2 is 1.60 bits per heavy atom. The van der Waals surface area contributed by atoms with Crippen molar-refractivity contribution in [1.29, 1.82) is 0 Å². The summed E-state index contributed by atoms with van der Waals surface area (Å²) in [6, 6.07) is 12.1. The molecule has 1 fully saturated rings. The lowest BCUT2D eigenvalue weighted by atomic mass is 10.1. The van der Waals surface area contributed by atoms with Crippen molar-refractivity contribution in [2.24, 2.45) is 0 Å². The minimum Gasteiger partial charge on any atom is -0.325 e. The van der Waals surface area contributed by atoms with Crippen molar-refractivity contribution in [3.05, 3.63) is 53.6 Å². The maximum atomic E-state index is 12.7. The third-order valence-electron chi connectivity index (χ3n) is 5.51. The van der Waals surface area contributed by atoms with Gasteiger partial charge >= 0.3 is 6.03 Å². The molecule has 30 heavy (non-hydrogen) atoms. The first-order valence-corrected chi connectivity index (χ1v) is 10.9. The van der Waals surface area contributed by atoms with Gasteiger partial charge in [0, 0.05) is 18.8 Å². The second kappa shape index (κ2) is 7.53. The molecule has 5 rings (SSSR count). The van der Waals surface area contributed by atoms with Gasteiger partial charge in [-0.3, -0.25) is 9.59 Å². The zero-order chi connectivity index (χ0) is 20.7. The van der Waals surface area contributed by atoms with Crippen LogP contribution in [0.5, 0.6) is 0 Å².